The van der Waals surface area contributed by atoms with Crippen LogP contribution in [-0.2, 0) is 6.54 Å². The Balaban J connectivity index is 1.43. The standard InChI is InChI=1S/C16H13N7O/c24-15(13-11-22-7-1-5-17-16(22)21-13)19-10-12-3-4-14(18-9-12)23-8-2-6-20-23/h1-9,11H,10H2,(H,19,24). The van der Waals surface area contributed by atoms with Crippen molar-refractivity contribution in [2.24, 2.45) is 0 Å². The Labute approximate surface area is 136 Å². The topological polar surface area (TPSA) is 90.0 Å². The number of hydrogen-bond donors (Lipinski definition) is 1. The summed E-state index contributed by atoms with van der Waals surface area (Å²) in [6, 6.07) is 7.36. The predicted octanol–water partition coefficient (Wildman–Crippen LogP) is 1.24. The van der Waals surface area contributed by atoms with Gasteiger partial charge in [-0.3, -0.25) is 9.20 Å². The smallest absolute Gasteiger partial charge is 0.271 e. The first-order chi connectivity index (χ1) is 11.8. The molecule has 0 aromatic carbocycles. The molecule has 0 spiro atoms. The van der Waals surface area contributed by atoms with Gasteiger partial charge in [-0.1, -0.05) is 6.07 Å². The average Bonchev–Trinajstić information content (AvgIpc) is 3.29. The van der Waals surface area contributed by atoms with Crippen molar-refractivity contribution in [3.63, 3.8) is 0 Å². The molecule has 0 unspecified atom stereocenters. The number of pyridine rings is 1. The van der Waals surface area contributed by atoms with Crippen LogP contribution in [0.4, 0.5) is 0 Å². The van der Waals surface area contributed by atoms with Crippen LogP contribution >= 0.6 is 0 Å². The monoisotopic (exact) mass is 319 g/mol. The lowest BCUT2D eigenvalue weighted by atomic mass is 10.2. The van der Waals surface area contributed by atoms with Crippen molar-refractivity contribution in [2.45, 2.75) is 6.54 Å². The minimum absolute atomic E-state index is 0.253. The van der Waals surface area contributed by atoms with Crippen LogP contribution in [0.2, 0.25) is 0 Å². The maximum absolute atomic E-state index is 12.2. The van der Waals surface area contributed by atoms with E-state index in [1.807, 2.05) is 24.4 Å². The number of nitrogens with one attached hydrogen (secondary N) is 1. The SMILES string of the molecule is O=C(NCc1ccc(-n2cccn2)nc1)c1cn2cccnc2n1. The molecule has 0 aliphatic carbocycles. The van der Waals surface area contributed by atoms with Gasteiger partial charge >= 0.3 is 0 Å². The van der Waals surface area contributed by atoms with Crippen LogP contribution in [0.25, 0.3) is 11.6 Å². The van der Waals surface area contributed by atoms with Gasteiger partial charge in [0.05, 0.1) is 0 Å². The zero-order valence-electron chi connectivity index (χ0n) is 12.6. The largest absolute Gasteiger partial charge is 0.347 e. The van der Waals surface area contributed by atoms with Crippen molar-refractivity contribution in [3.05, 3.63) is 72.7 Å². The lowest BCUT2D eigenvalue weighted by Gasteiger charge is -2.04. The number of carbonyl (C=O) groups excluding carboxylic acids is 1. The molecule has 0 saturated carbocycles. The van der Waals surface area contributed by atoms with E-state index in [9.17, 15) is 4.79 Å². The molecular weight excluding hydrogens is 306 g/mol. The first-order valence-corrected chi connectivity index (χ1v) is 7.32. The number of carbonyl (C=O) groups is 1. The summed E-state index contributed by atoms with van der Waals surface area (Å²) in [5, 5.41) is 6.94. The average molecular weight is 319 g/mol. The molecule has 1 N–H and O–H groups in total. The Morgan fingerprint density at radius 2 is 2.04 bits per heavy atom. The van der Waals surface area contributed by atoms with E-state index in [1.165, 1.54) is 0 Å². The molecular formula is C16H13N7O. The molecule has 0 saturated heterocycles. The highest BCUT2D eigenvalue weighted by atomic mass is 16.1. The molecule has 4 rings (SSSR count). The van der Waals surface area contributed by atoms with Gasteiger partial charge in [0.1, 0.15) is 5.69 Å². The predicted molar refractivity (Wildman–Crippen MR) is 85.5 cm³/mol. The second kappa shape index (κ2) is 5.92. The molecule has 4 aromatic rings. The molecule has 8 nitrogen and oxygen atoms in total. The van der Waals surface area contributed by atoms with Gasteiger partial charge in [0.2, 0.25) is 5.78 Å². The number of fused-ring (bicyclic) bond motifs is 1. The fourth-order valence-electron chi connectivity index (χ4n) is 2.27. The van der Waals surface area contributed by atoms with Crippen LogP contribution in [0.3, 0.4) is 0 Å². The van der Waals surface area contributed by atoms with E-state index < -0.39 is 0 Å². The highest BCUT2D eigenvalue weighted by Crippen LogP contribution is 2.06. The molecule has 0 atom stereocenters. The fraction of sp³-hybridized carbons (Fsp3) is 0.0625. The first-order valence-electron chi connectivity index (χ1n) is 7.32. The first kappa shape index (κ1) is 14.1. The second-order valence-electron chi connectivity index (χ2n) is 5.11. The molecule has 4 aromatic heterocycles. The number of nitrogens with zero attached hydrogens (tertiary/aromatic N) is 6. The summed E-state index contributed by atoms with van der Waals surface area (Å²) in [5.74, 6) is 0.964. The molecule has 1 amide bonds. The van der Waals surface area contributed by atoms with E-state index in [0.717, 1.165) is 11.4 Å². The molecule has 24 heavy (non-hydrogen) atoms. The number of aromatic nitrogens is 6. The highest BCUT2D eigenvalue weighted by molar-refractivity contribution is 5.92. The Hall–Kier alpha value is -3.55. The van der Waals surface area contributed by atoms with Gasteiger partial charge in [0, 0.05) is 43.7 Å². The zero-order chi connectivity index (χ0) is 16.4. The maximum Gasteiger partial charge on any atom is 0.271 e. The molecule has 8 heteroatoms. The van der Waals surface area contributed by atoms with Gasteiger partial charge in [-0.2, -0.15) is 5.10 Å². The molecule has 0 bridgehead atoms. The van der Waals surface area contributed by atoms with Crippen LogP contribution in [0, 0.1) is 0 Å². The Bertz CT molecular complexity index is 940. The molecule has 0 aliphatic heterocycles. The summed E-state index contributed by atoms with van der Waals surface area (Å²) in [6.45, 7) is 0.368. The van der Waals surface area contributed by atoms with Gasteiger partial charge in [0.25, 0.3) is 5.91 Å². The second-order valence-corrected chi connectivity index (χ2v) is 5.11. The van der Waals surface area contributed by atoms with Crippen LogP contribution in [-0.4, -0.2) is 35.0 Å². The number of rotatable bonds is 4. The van der Waals surface area contributed by atoms with Crippen molar-refractivity contribution >= 4 is 11.7 Å². The summed E-state index contributed by atoms with van der Waals surface area (Å²) in [7, 11) is 0. The molecule has 0 aliphatic rings. The van der Waals surface area contributed by atoms with E-state index in [2.05, 4.69) is 25.4 Å². The highest BCUT2D eigenvalue weighted by Gasteiger charge is 2.10. The Morgan fingerprint density at radius 3 is 2.79 bits per heavy atom. The van der Waals surface area contributed by atoms with Crippen molar-refractivity contribution in [1.82, 2.24) is 34.4 Å². The summed E-state index contributed by atoms with van der Waals surface area (Å²) < 4.78 is 3.38. The lowest BCUT2D eigenvalue weighted by molar-refractivity contribution is 0.0946. The van der Waals surface area contributed by atoms with E-state index in [1.54, 1.807) is 46.1 Å². The van der Waals surface area contributed by atoms with Crippen LogP contribution < -0.4 is 5.32 Å². The summed E-state index contributed by atoms with van der Waals surface area (Å²) >= 11 is 0. The van der Waals surface area contributed by atoms with Crippen LogP contribution in [0.1, 0.15) is 16.1 Å². The Morgan fingerprint density at radius 1 is 1.12 bits per heavy atom. The molecule has 0 radical (unpaired) electrons. The quantitative estimate of drug-likeness (QED) is 0.611. The third kappa shape index (κ3) is 2.72. The summed E-state index contributed by atoms with van der Waals surface area (Å²) in [4.78, 5) is 24.8. The van der Waals surface area contributed by atoms with Crippen molar-refractivity contribution in [3.8, 4) is 5.82 Å². The van der Waals surface area contributed by atoms with Crippen molar-refractivity contribution < 1.29 is 4.79 Å². The molecule has 118 valence electrons. The zero-order valence-corrected chi connectivity index (χ0v) is 12.6. The summed E-state index contributed by atoms with van der Waals surface area (Å²) in [5.41, 5.74) is 1.22. The molecule has 0 fully saturated rings. The van der Waals surface area contributed by atoms with Gasteiger partial charge in [-0.15, -0.1) is 0 Å². The number of amides is 1. The van der Waals surface area contributed by atoms with Crippen molar-refractivity contribution in [2.75, 3.05) is 0 Å². The maximum atomic E-state index is 12.2. The van der Waals surface area contributed by atoms with Crippen LogP contribution in [0.15, 0.2) is 61.4 Å². The molecule has 4 heterocycles. The van der Waals surface area contributed by atoms with Crippen molar-refractivity contribution in [1.29, 1.82) is 0 Å². The third-order valence-electron chi connectivity index (χ3n) is 3.47. The third-order valence-corrected chi connectivity index (χ3v) is 3.47. The normalized spacial score (nSPS) is 10.8. The minimum atomic E-state index is -0.253. The van der Waals surface area contributed by atoms with E-state index in [0.29, 0.717) is 18.0 Å². The fourth-order valence-corrected chi connectivity index (χ4v) is 2.27. The lowest BCUT2D eigenvalue weighted by Crippen LogP contribution is -2.23. The van der Waals surface area contributed by atoms with Gasteiger partial charge in [-0.25, -0.2) is 19.6 Å². The van der Waals surface area contributed by atoms with E-state index in [-0.39, 0.29) is 5.91 Å². The van der Waals surface area contributed by atoms with Gasteiger partial charge in [0.15, 0.2) is 5.82 Å². The number of hydrogen-bond acceptors (Lipinski definition) is 5. The minimum Gasteiger partial charge on any atom is -0.347 e. The van der Waals surface area contributed by atoms with E-state index >= 15 is 0 Å². The summed E-state index contributed by atoms with van der Waals surface area (Å²) in [6.07, 6.45) is 10.3. The van der Waals surface area contributed by atoms with E-state index in [4.69, 9.17) is 0 Å². The van der Waals surface area contributed by atoms with Gasteiger partial charge < -0.3 is 5.32 Å². The van der Waals surface area contributed by atoms with Gasteiger partial charge in [-0.05, 0) is 23.8 Å². The van der Waals surface area contributed by atoms with Crippen LogP contribution in [0.5, 0.6) is 0 Å². The number of imidazole rings is 1. The Kier molecular flexibility index (Phi) is 3.47.